The molecule has 6 rings (SSSR count). The molecule has 162 valence electrons. The van der Waals surface area contributed by atoms with Gasteiger partial charge in [0.05, 0.1) is 16.3 Å². The molecule has 8 heteroatoms. The van der Waals surface area contributed by atoms with Crippen LogP contribution in [0, 0.1) is 0 Å². The van der Waals surface area contributed by atoms with Crippen LogP contribution >= 0.6 is 0 Å². The van der Waals surface area contributed by atoms with E-state index in [-0.39, 0.29) is 10.9 Å². The minimum absolute atomic E-state index is 0.0831. The van der Waals surface area contributed by atoms with Gasteiger partial charge in [-0.3, -0.25) is 0 Å². The second-order valence-corrected chi connectivity index (χ2v) is 10.3. The van der Waals surface area contributed by atoms with Gasteiger partial charge in [-0.25, -0.2) is 18.1 Å². The molecule has 2 N–H and O–H groups in total. The van der Waals surface area contributed by atoms with Crippen LogP contribution in [0.25, 0.3) is 16.9 Å². The summed E-state index contributed by atoms with van der Waals surface area (Å²) >= 11 is 0. The van der Waals surface area contributed by atoms with E-state index in [4.69, 9.17) is 10.1 Å². The topological polar surface area (TPSA) is 88.4 Å². The van der Waals surface area contributed by atoms with Crippen molar-refractivity contribution in [2.75, 3.05) is 5.32 Å². The first-order chi connectivity index (χ1) is 15.5. The van der Waals surface area contributed by atoms with E-state index in [1.807, 2.05) is 40.9 Å². The number of rotatable bonds is 7. The second kappa shape index (κ2) is 7.43. The molecular formula is C24H23N5O2S. The van der Waals surface area contributed by atoms with Crippen LogP contribution in [-0.4, -0.2) is 29.1 Å². The molecule has 0 spiro atoms. The summed E-state index contributed by atoms with van der Waals surface area (Å²) in [5.74, 6) is 1.31. The molecule has 0 bridgehead atoms. The lowest BCUT2D eigenvalue weighted by atomic mass is 10.1. The van der Waals surface area contributed by atoms with Gasteiger partial charge in [0.1, 0.15) is 5.82 Å². The predicted molar refractivity (Wildman–Crippen MR) is 123 cm³/mol. The molecule has 2 saturated carbocycles. The van der Waals surface area contributed by atoms with Gasteiger partial charge in [0.25, 0.3) is 0 Å². The SMILES string of the molecule is O=S(=O)(NC1CC1)c1ccc(Nc2cc(-c3ccccc3)nc3cc(C4CC4)nn23)cc1. The smallest absolute Gasteiger partial charge is 0.240 e. The summed E-state index contributed by atoms with van der Waals surface area (Å²) in [6.07, 6.45) is 4.16. The zero-order valence-electron chi connectivity index (χ0n) is 17.4. The average molecular weight is 446 g/mol. The quantitative estimate of drug-likeness (QED) is 0.439. The molecule has 2 aromatic heterocycles. The first-order valence-corrected chi connectivity index (χ1v) is 12.4. The Labute approximate surface area is 186 Å². The first-order valence-electron chi connectivity index (χ1n) is 10.9. The Kier molecular flexibility index (Phi) is 4.51. The Hall–Kier alpha value is -3.23. The molecule has 0 amide bonds. The number of anilines is 2. The molecule has 2 aromatic carbocycles. The average Bonchev–Trinajstić information content (AvgIpc) is 3.74. The zero-order chi connectivity index (χ0) is 21.7. The van der Waals surface area contributed by atoms with Crippen LogP contribution in [0.15, 0.2) is 71.6 Å². The van der Waals surface area contributed by atoms with Crippen LogP contribution in [0.1, 0.15) is 37.3 Å². The zero-order valence-corrected chi connectivity index (χ0v) is 18.2. The second-order valence-electron chi connectivity index (χ2n) is 8.55. The molecule has 0 atom stereocenters. The van der Waals surface area contributed by atoms with Gasteiger partial charge >= 0.3 is 0 Å². The minimum Gasteiger partial charge on any atom is -0.340 e. The summed E-state index contributed by atoms with van der Waals surface area (Å²) in [6.45, 7) is 0. The highest BCUT2D eigenvalue weighted by Gasteiger charge is 2.28. The van der Waals surface area contributed by atoms with Gasteiger partial charge in [-0.2, -0.15) is 9.61 Å². The van der Waals surface area contributed by atoms with E-state index >= 15 is 0 Å². The van der Waals surface area contributed by atoms with Crippen molar-refractivity contribution in [1.29, 1.82) is 0 Å². The fraction of sp³-hybridized carbons (Fsp3) is 0.250. The number of hydrogen-bond acceptors (Lipinski definition) is 5. The van der Waals surface area contributed by atoms with Gasteiger partial charge in [0, 0.05) is 35.3 Å². The van der Waals surface area contributed by atoms with E-state index in [0.717, 1.165) is 46.9 Å². The number of fused-ring (bicyclic) bond motifs is 1. The third kappa shape index (κ3) is 3.87. The summed E-state index contributed by atoms with van der Waals surface area (Å²) in [7, 11) is -3.47. The maximum atomic E-state index is 12.4. The van der Waals surface area contributed by atoms with Crippen molar-refractivity contribution in [3.8, 4) is 11.3 Å². The molecule has 0 aliphatic heterocycles. The largest absolute Gasteiger partial charge is 0.340 e. The molecule has 4 aromatic rings. The van der Waals surface area contributed by atoms with Gasteiger partial charge in [-0.15, -0.1) is 0 Å². The van der Waals surface area contributed by atoms with E-state index in [1.54, 1.807) is 24.3 Å². The highest BCUT2D eigenvalue weighted by molar-refractivity contribution is 7.89. The summed E-state index contributed by atoms with van der Waals surface area (Å²) in [4.78, 5) is 5.10. The Morgan fingerprint density at radius 2 is 1.66 bits per heavy atom. The van der Waals surface area contributed by atoms with Crippen molar-refractivity contribution in [1.82, 2.24) is 19.3 Å². The van der Waals surface area contributed by atoms with Gasteiger partial charge in [-0.05, 0) is 49.9 Å². The summed E-state index contributed by atoms with van der Waals surface area (Å²) in [5.41, 5.74) is 4.53. The molecule has 32 heavy (non-hydrogen) atoms. The third-order valence-electron chi connectivity index (χ3n) is 5.85. The minimum atomic E-state index is -3.47. The van der Waals surface area contributed by atoms with Crippen LogP contribution in [0.2, 0.25) is 0 Å². The van der Waals surface area contributed by atoms with E-state index < -0.39 is 10.0 Å². The Balaban J connectivity index is 1.36. The Morgan fingerprint density at radius 1 is 0.906 bits per heavy atom. The van der Waals surface area contributed by atoms with E-state index in [2.05, 4.69) is 16.1 Å². The summed E-state index contributed by atoms with van der Waals surface area (Å²) < 4.78 is 29.4. The number of nitrogens with one attached hydrogen (secondary N) is 2. The van der Waals surface area contributed by atoms with Gasteiger partial charge in [0.2, 0.25) is 10.0 Å². The Bertz CT molecular complexity index is 1390. The van der Waals surface area contributed by atoms with Crippen LogP contribution in [-0.2, 0) is 10.0 Å². The predicted octanol–water partition coefficient (Wildman–Crippen LogP) is 4.46. The van der Waals surface area contributed by atoms with Crippen molar-refractivity contribution in [2.45, 2.75) is 42.5 Å². The van der Waals surface area contributed by atoms with Crippen LogP contribution in [0.5, 0.6) is 0 Å². The van der Waals surface area contributed by atoms with Crippen molar-refractivity contribution < 1.29 is 8.42 Å². The van der Waals surface area contributed by atoms with Crippen LogP contribution in [0.3, 0.4) is 0 Å². The van der Waals surface area contributed by atoms with Crippen LogP contribution in [0.4, 0.5) is 11.5 Å². The number of sulfonamides is 1. The first kappa shape index (κ1) is 19.5. The fourth-order valence-electron chi connectivity index (χ4n) is 3.77. The Morgan fingerprint density at radius 3 is 2.34 bits per heavy atom. The van der Waals surface area contributed by atoms with Crippen LogP contribution < -0.4 is 10.0 Å². The molecule has 7 nitrogen and oxygen atoms in total. The maximum Gasteiger partial charge on any atom is 0.240 e. The summed E-state index contributed by atoms with van der Waals surface area (Å²) in [5, 5.41) is 8.19. The normalized spacial score (nSPS) is 16.4. The monoisotopic (exact) mass is 445 g/mol. The van der Waals surface area contributed by atoms with E-state index in [0.29, 0.717) is 5.92 Å². The molecule has 0 unspecified atom stereocenters. The molecule has 2 heterocycles. The third-order valence-corrected chi connectivity index (χ3v) is 7.38. The molecule has 2 aliphatic rings. The van der Waals surface area contributed by atoms with Gasteiger partial charge in [0.15, 0.2) is 5.65 Å². The van der Waals surface area contributed by atoms with Gasteiger partial charge < -0.3 is 5.32 Å². The van der Waals surface area contributed by atoms with E-state index in [1.165, 1.54) is 12.8 Å². The maximum absolute atomic E-state index is 12.4. The number of nitrogens with zero attached hydrogens (tertiary/aromatic N) is 3. The number of aromatic nitrogens is 3. The van der Waals surface area contributed by atoms with Crippen molar-refractivity contribution in [2.24, 2.45) is 0 Å². The number of benzene rings is 2. The molecule has 2 aliphatic carbocycles. The van der Waals surface area contributed by atoms with Crippen molar-refractivity contribution in [3.05, 3.63) is 72.4 Å². The lowest BCUT2D eigenvalue weighted by Gasteiger charge is -2.12. The van der Waals surface area contributed by atoms with E-state index in [9.17, 15) is 8.42 Å². The lowest BCUT2D eigenvalue weighted by molar-refractivity contribution is 0.581. The lowest BCUT2D eigenvalue weighted by Crippen LogP contribution is -2.25. The standard InChI is InChI=1S/C24H23N5O2S/c30-32(31,28-19-8-9-19)20-12-10-18(11-13-20)25-23-14-21(16-4-2-1-3-5-16)26-24-15-22(17-6-7-17)27-29(23)24/h1-5,10-15,17,19,25,28H,6-9H2. The molecule has 0 saturated heterocycles. The van der Waals surface area contributed by atoms with Crippen molar-refractivity contribution in [3.63, 3.8) is 0 Å². The highest BCUT2D eigenvalue weighted by Crippen LogP contribution is 2.40. The molecule has 0 radical (unpaired) electrons. The fourth-order valence-corrected chi connectivity index (χ4v) is 5.08. The molecule has 2 fully saturated rings. The van der Waals surface area contributed by atoms with Crippen molar-refractivity contribution >= 4 is 27.2 Å². The highest BCUT2D eigenvalue weighted by atomic mass is 32.2. The molecular weight excluding hydrogens is 422 g/mol. The number of hydrogen-bond donors (Lipinski definition) is 2. The van der Waals surface area contributed by atoms with Gasteiger partial charge in [-0.1, -0.05) is 30.3 Å². The summed E-state index contributed by atoms with van der Waals surface area (Å²) in [6, 6.07) is 21.0.